The molecule has 1 saturated heterocycles. The van der Waals surface area contributed by atoms with Gasteiger partial charge in [-0.3, -0.25) is 9.59 Å². The smallest absolute Gasteiger partial charge is 0.232 e. The minimum atomic E-state index is -0.305. The van der Waals surface area contributed by atoms with Crippen molar-refractivity contribution in [2.45, 2.75) is 11.3 Å². The van der Waals surface area contributed by atoms with Crippen LogP contribution in [0.15, 0.2) is 59.5 Å². The molecule has 1 aliphatic heterocycles. The van der Waals surface area contributed by atoms with Gasteiger partial charge in [0.25, 0.3) is 0 Å². The molecule has 24 heavy (non-hydrogen) atoms. The quantitative estimate of drug-likeness (QED) is 0.801. The zero-order chi connectivity index (χ0) is 17.1. The van der Waals surface area contributed by atoms with E-state index in [1.165, 1.54) is 0 Å². The highest BCUT2D eigenvalue weighted by Crippen LogP contribution is 2.29. The van der Waals surface area contributed by atoms with Crippen LogP contribution in [0.1, 0.15) is 6.42 Å². The lowest BCUT2D eigenvalue weighted by Crippen LogP contribution is -2.34. The van der Waals surface area contributed by atoms with Gasteiger partial charge in [-0.15, -0.1) is 11.8 Å². The maximum absolute atomic E-state index is 12.7. The average Bonchev–Trinajstić information content (AvgIpc) is 3.03. The van der Waals surface area contributed by atoms with Gasteiger partial charge in [0.15, 0.2) is 0 Å². The van der Waals surface area contributed by atoms with E-state index in [-0.39, 0.29) is 24.2 Å². The summed E-state index contributed by atoms with van der Waals surface area (Å²) in [6.45, 7) is 0.437. The lowest BCUT2D eigenvalue weighted by molar-refractivity contribution is -0.124. The zero-order valence-corrected chi connectivity index (χ0v) is 14.6. The zero-order valence-electron chi connectivity index (χ0n) is 13.8. The number of carbonyl (C=O) groups is 2. The molecule has 1 heterocycles. The third-order valence-electron chi connectivity index (χ3n) is 4.31. The molecule has 0 saturated carbocycles. The number of amides is 2. The molecule has 0 aliphatic carbocycles. The van der Waals surface area contributed by atoms with E-state index in [0.717, 1.165) is 16.3 Å². The van der Waals surface area contributed by atoms with Crippen LogP contribution >= 0.6 is 11.8 Å². The second-order valence-electron chi connectivity index (χ2n) is 5.84. The molecule has 2 aromatic carbocycles. The van der Waals surface area contributed by atoms with Gasteiger partial charge in [0.1, 0.15) is 0 Å². The van der Waals surface area contributed by atoms with Gasteiger partial charge in [-0.2, -0.15) is 0 Å². The van der Waals surface area contributed by atoms with Crippen LogP contribution in [-0.4, -0.2) is 31.7 Å². The average molecular weight is 340 g/mol. The summed E-state index contributed by atoms with van der Waals surface area (Å²) >= 11 is 1.64. The summed E-state index contributed by atoms with van der Waals surface area (Å²) in [6.07, 6.45) is 2.27. The fraction of sp³-hybridized carbons (Fsp3) is 0.263. The molecular formula is C19H20N2O2S. The molecule has 0 radical (unpaired) electrons. The van der Waals surface area contributed by atoms with Crippen molar-refractivity contribution >= 4 is 35.0 Å². The Morgan fingerprint density at radius 3 is 2.62 bits per heavy atom. The van der Waals surface area contributed by atoms with Crippen LogP contribution in [0, 0.1) is 5.92 Å². The van der Waals surface area contributed by atoms with E-state index in [2.05, 4.69) is 0 Å². The molecule has 1 fully saturated rings. The minimum absolute atomic E-state index is 0.00747. The third-order valence-corrected chi connectivity index (χ3v) is 5.04. The second kappa shape index (κ2) is 7.09. The number of hydrogen-bond acceptors (Lipinski definition) is 3. The second-order valence-corrected chi connectivity index (χ2v) is 6.72. The Labute approximate surface area is 146 Å². The Morgan fingerprint density at radius 2 is 1.92 bits per heavy atom. The normalized spacial score (nSPS) is 17.2. The fourth-order valence-electron chi connectivity index (χ4n) is 2.95. The number of nitrogens with zero attached hydrogens (tertiary/aromatic N) is 2. The van der Waals surface area contributed by atoms with E-state index in [1.807, 2.05) is 60.9 Å². The number of thioether (sulfide) groups is 1. The Hall–Kier alpha value is -2.27. The Balaban J connectivity index is 1.75. The Bertz CT molecular complexity index is 748. The van der Waals surface area contributed by atoms with E-state index >= 15 is 0 Å². The van der Waals surface area contributed by atoms with Crippen molar-refractivity contribution in [2.75, 3.05) is 29.6 Å². The lowest BCUT2D eigenvalue weighted by Gasteiger charge is -2.21. The summed E-state index contributed by atoms with van der Waals surface area (Å²) in [4.78, 5) is 29.6. The molecule has 1 atom stereocenters. The monoisotopic (exact) mass is 340 g/mol. The first-order valence-electron chi connectivity index (χ1n) is 7.87. The van der Waals surface area contributed by atoms with E-state index in [1.54, 1.807) is 28.6 Å². The molecular weight excluding hydrogens is 320 g/mol. The van der Waals surface area contributed by atoms with Gasteiger partial charge < -0.3 is 9.80 Å². The molecule has 1 aliphatic rings. The predicted molar refractivity (Wildman–Crippen MR) is 98.5 cm³/mol. The highest BCUT2D eigenvalue weighted by Gasteiger charge is 2.36. The van der Waals surface area contributed by atoms with E-state index in [4.69, 9.17) is 0 Å². The van der Waals surface area contributed by atoms with Gasteiger partial charge in [0.2, 0.25) is 11.8 Å². The van der Waals surface area contributed by atoms with Crippen LogP contribution in [0.25, 0.3) is 0 Å². The molecule has 0 spiro atoms. The number of carbonyl (C=O) groups excluding carboxylic acids is 2. The molecule has 2 amide bonds. The minimum Gasteiger partial charge on any atom is -0.315 e. The van der Waals surface area contributed by atoms with Crippen LogP contribution in [0.2, 0.25) is 0 Å². The standard InChI is InChI=1S/C19H20N2O2S/c1-20(15-7-4-3-5-8-15)19(23)14-11-18(22)21(13-14)16-9-6-10-17(12-16)24-2/h3-10,12,14H,11,13H2,1-2H3. The van der Waals surface area contributed by atoms with Crippen molar-refractivity contribution < 1.29 is 9.59 Å². The van der Waals surface area contributed by atoms with Crippen molar-refractivity contribution in [2.24, 2.45) is 5.92 Å². The largest absolute Gasteiger partial charge is 0.315 e. The first-order chi connectivity index (χ1) is 11.6. The van der Waals surface area contributed by atoms with Gasteiger partial charge in [-0.25, -0.2) is 0 Å². The molecule has 0 N–H and O–H groups in total. The summed E-state index contributed by atoms with van der Waals surface area (Å²) in [5, 5.41) is 0. The van der Waals surface area contributed by atoms with Crippen molar-refractivity contribution in [3.8, 4) is 0 Å². The number of benzene rings is 2. The molecule has 4 nitrogen and oxygen atoms in total. The molecule has 5 heteroatoms. The molecule has 3 rings (SSSR count). The molecule has 124 valence electrons. The van der Waals surface area contributed by atoms with Gasteiger partial charge in [0.05, 0.1) is 5.92 Å². The molecule has 2 aromatic rings. The Morgan fingerprint density at radius 1 is 1.17 bits per heavy atom. The molecule has 1 unspecified atom stereocenters. The SMILES string of the molecule is CSc1cccc(N2CC(C(=O)N(C)c3ccccc3)CC2=O)c1. The summed E-state index contributed by atoms with van der Waals surface area (Å²) in [5.41, 5.74) is 1.71. The van der Waals surface area contributed by atoms with Crippen LogP contribution in [0.3, 0.4) is 0 Å². The summed E-state index contributed by atoms with van der Waals surface area (Å²) in [6, 6.07) is 17.4. The fourth-order valence-corrected chi connectivity index (χ4v) is 3.41. The first kappa shape index (κ1) is 16.6. The molecule has 0 bridgehead atoms. The van der Waals surface area contributed by atoms with Crippen molar-refractivity contribution in [1.29, 1.82) is 0 Å². The number of para-hydroxylation sites is 1. The van der Waals surface area contributed by atoms with Crippen LogP contribution in [-0.2, 0) is 9.59 Å². The van der Waals surface area contributed by atoms with Gasteiger partial charge in [-0.1, -0.05) is 24.3 Å². The van der Waals surface area contributed by atoms with Crippen LogP contribution in [0.5, 0.6) is 0 Å². The maximum atomic E-state index is 12.7. The first-order valence-corrected chi connectivity index (χ1v) is 9.09. The van der Waals surface area contributed by atoms with Crippen molar-refractivity contribution in [1.82, 2.24) is 0 Å². The summed E-state index contributed by atoms with van der Waals surface area (Å²) in [5.74, 6) is -0.313. The van der Waals surface area contributed by atoms with Gasteiger partial charge in [0, 0.05) is 36.3 Å². The highest BCUT2D eigenvalue weighted by atomic mass is 32.2. The third kappa shape index (κ3) is 3.31. The molecule has 0 aromatic heterocycles. The highest BCUT2D eigenvalue weighted by molar-refractivity contribution is 7.98. The Kier molecular flexibility index (Phi) is 4.90. The lowest BCUT2D eigenvalue weighted by atomic mass is 10.1. The summed E-state index contributed by atoms with van der Waals surface area (Å²) in [7, 11) is 1.76. The van der Waals surface area contributed by atoms with Crippen molar-refractivity contribution in [3.63, 3.8) is 0 Å². The summed E-state index contributed by atoms with van der Waals surface area (Å²) < 4.78 is 0. The van der Waals surface area contributed by atoms with Gasteiger partial charge >= 0.3 is 0 Å². The van der Waals surface area contributed by atoms with E-state index < -0.39 is 0 Å². The van der Waals surface area contributed by atoms with Crippen LogP contribution < -0.4 is 9.80 Å². The van der Waals surface area contributed by atoms with E-state index in [9.17, 15) is 9.59 Å². The number of rotatable bonds is 4. The van der Waals surface area contributed by atoms with Crippen molar-refractivity contribution in [3.05, 3.63) is 54.6 Å². The maximum Gasteiger partial charge on any atom is 0.232 e. The number of anilines is 2. The van der Waals surface area contributed by atoms with Gasteiger partial charge in [-0.05, 0) is 36.6 Å². The number of hydrogen-bond donors (Lipinski definition) is 0. The predicted octanol–water partition coefficient (Wildman–Crippen LogP) is 3.42. The van der Waals surface area contributed by atoms with E-state index in [0.29, 0.717) is 6.54 Å². The topological polar surface area (TPSA) is 40.6 Å². The van der Waals surface area contributed by atoms with Crippen LogP contribution in [0.4, 0.5) is 11.4 Å².